The molecular weight excluding hydrogens is 304 g/mol. The van der Waals surface area contributed by atoms with Crippen LogP contribution < -0.4 is 0 Å². The summed E-state index contributed by atoms with van der Waals surface area (Å²) in [5.41, 5.74) is 0. The zero-order valence-electron chi connectivity index (χ0n) is 14.8. The fourth-order valence-electron chi connectivity index (χ4n) is 2.42. The van der Waals surface area contributed by atoms with E-state index >= 15 is 0 Å². The maximum atomic E-state index is 10.4. The van der Waals surface area contributed by atoms with E-state index in [1.807, 2.05) is 18.2 Å². The van der Waals surface area contributed by atoms with Crippen molar-refractivity contribution in [2.75, 3.05) is 0 Å². The van der Waals surface area contributed by atoms with Crippen LogP contribution >= 0.6 is 0 Å². The van der Waals surface area contributed by atoms with Gasteiger partial charge < -0.3 is 14.9 Å². The van der Waals surface area contributed by atoms with E-state index in [2.05, 4.69) is 19.1 Å². The van der Waals surface area contributed by atoms with Crippen molar-refractivity contribution in [1.82, 2.24) is 0 Å². The van der Waals surface area contributed by atoms with Crippen LogP contribution in [0, 0.1) is 0 Å². The van der Waals surface area contributed by atoms with Crippen molar-refractivity contribution < 1.29 is 19.7 Å². The first kappa shape index (κ1) is 20.7. The number of allylic oxidation sites excluding steroid dienone is 2. The number of hydrogen-bond donors (Lipinski definition) is 2. The monoisotopic (exact) mass is 336 g/mol. The number of aliphatic carboxylic acids is 1. The summed E-state index contributed by atoms with van der Waals surface area (Å²) in [7, 11) is 0. The normalized spacial score (nSPS) is 21.9. The van der Waals surface area contributed by atoms with Crippen molar-refractivity contribution in [3.8, 4) is 0 Å². The predicted octanol–water partition coefficient (Wildman–Crippen LogP) is 4.40. The lowest BCUT2D eigenvalue weighted by atomic mass is 10.1. The molecule has 1 saturated heterocycles. The molecule has 1 aliphatic rings. The molecule has 0 saturated carbocycles. The summed E-state index contributed by atoms with van der Waals surface area (Å²) < 4.78 is 5.55. The Morgan fingerprint density at radius 2 is 1.88 bits per heavy atom. The topological polar surface area (TPSA) is 70.1 Å². The van der Waals surface area contributed by atoms with E-state index in [1.165, 1.54) is 19.3 Å². The molecule has 0 amide bonds. The standard InChI is InChI=1S/C20H32O4/c1-2-3-4-5-6-10-13-18-19(24-18)16-15-17(21)12-9-7-8-11-14-20(22)23/h6-7,9-10,15-19,21H,2-5,8,11-14H2,1H3,(H,22,23)/b9-7-,10-6-,16-15+/t17-,18-,19-/m1/s1. The average Bonchev–Trinajstić information content (AvgIpc) is 3.30. The Labute approximate surface area is 145 Å². The number of aliphatic hydroxyl groups excluding tert-OH is 1. The Morgan fingerprint density at radius 3 is 2.62 bits per heavy atom. The maximum absolute atomic E-state index is 10.4. The fraction of sp³-hybridized carbons (Fsp3) is 0.650. The maximum Gasteiger partial charge on any atom is 0.303 e. The van der Waals surface area contributed by atoms with E-state index < -0.39 is 12.1 Å². The molecule has 0 unspecified atom stereocenters. The van der Waals surface area contributed by atoms with Gasteiger partial charge in [0.1, 0.15) is 6.10 Å². The first-order chi connectivity index (χ1) is 11.6. The van der Waals surface area contributed by atoms with Crippen LogP contribution in [0.2, 0.25) is 0 Å². The number of carboxylic acids is 1. The third-order valence-corrected chi connectivity index (χ3v) is 3.96. The van der Waals surface area contributed by atoms with Crippen molar-refractivity contribution in [2.24, 2.45) is 0 Å². The molecular formula is C20H32O4. The number of epoxide rings is 1. The Morgan fingerprint density at radius 1 is 1.12 bits per heavy atom. The van der Waals surface area contributed by atoms with Crippen LogP contribution in [0.5, 0.6) is 0 Å². The molecule has 1 aliphatic heterocycles. The van der Waals surface area contributed by atoms with Crippen molar-refractivity contribution in [2.45, 2.75) is 83.0 Å². The predicted molar refractivity (Wildman–Crippen MR) is 97.0 cm³/mol. The van der Waals surface area contributed by atoms with E-state index in [0.717, 1.165) is 19.3 Å². The number of aliphatic hydroxyl groups is 1. The molecule has 0 aromatic rings. The molecule has 1 fully saturated rings. The lowest BCUT2D eigenvalue weighted by Crippen LogP contribution is -2.00. The first-order valence-electron chi connectivity index (χ1n) is 9.17. The van der Waals surface area contributed by atoms with Gasteiger partial charge in [-0.1, -0.05) is 56.2 Å². The van der Waals surface area contributed by atoms with E-state index in [4.69, 9.17) is 9.84 Å². The minimum Gasteiger partial charge on any atom is -0.481 e. The Kier molecular flexibility index (Phi) is 11.2. The molecule has 2 N–H and O–H groups in total. The number of carboxylic acid groups (broad SMARTS) is 1. The molecule has 0 aromatic carbocycles. The van der Waals surface area contributed by atoms with Gasteiger partial charge in [0.05, 0.1) is 12.2 Å². The summed E-state index contributed by atoms with van der Waals surface area (Å²) in [6.45, 7) is 2.21. The van der Waals surface area contributed by atoms with Crippen LogP contribution in [0.25, 0.3) is 0 Å². The third-order valence-electron chi connectivity index (χ3n) is 3.96. The van der Waals surface area contributed by atoms with E-state index in [-0.39, 0.29) is 18.6 Å². The van der Waals surface area contributed by atoms with Crippen molar-refractivity contribution >= 4 is 5.97 Å². The summed E-state index contributed by atoms with van der Waals surface area (Å²) in [6.07, 6.45) is 19.9. The third kappa shape index (κ3) is 11.2. The minimum atomic E-state index is -0.763. The Bertz CT molecular complexity index is 425. The highest BCUT2D eigenvalue weighted by atomic mass is 16.6. The molecule has 0 aliphatic carbocycles. The van der Waals surface area contributed by atoms with E-state index in [1.54, 1.807) is 6.08 Å². The van der Waals surface area contributed by atoms with Gasteiger partial charge in [0, 0.05) is 6.42 Å². The molecule has 0 aromatic heterocycles. The molecule has 24 heavy (non-hydrogen) atoms. The van der Waals surface area contributed by atoms with Crippen LogP contribution in [-0.4, -0.2) is 34.5 Å². The summed E-state index contributed by atoms with van der Waals surface area (Å²) in [6, 6.07) is 0. The smallest absolute Gasteiger partial charge is 0.303 e. The second-order valence-corrected chi connectivity index (χ2v) is 6.29. The van der Waals surface area contributed by atoms with Crippen LogP contribution in [0.4, 0.5) is 0 Å². The fourth-order valence-corrected chi connectivity index (χ4v) is 2.42. The Balaban J connectivity index is 2.04. The van der Waals surface area contributed by atoms with E-state index in [9.17, 15) is 9.90 Å². The molecule has 0 spiro atoms. The van der Waals surface area contributed by atoms with Crippen molar-refractivity contribution in [3.05, 3.63) is 36.5 Å². The number of rotatable bonds is 14. The van der Waals surface area contributed by atoms with Crippen LogP contribution in [0.1, 0.15) is 64.7 Å². The van der Waals surface area contributed by atoms with Gasteiger partial charge in [0.15, 0.2) is 0 Å². The van der Waals surface area contributed by atoms with Gasteiger partial charge in [0.25, 0.3) is 0 Å². The van der Waals surface area contributed by atoms with Crippen LogP contribution in [0.3, 0.4) is 0 Å². The zero-order valence-corrected chi connectivity index (χ0v) is 14.8. The number of hydrogen-bond acceptors (Lipinski definition) is 3. The molecule has 4 heteroatoms. The van der Waals surface area contributed by atoms with Gasteiger partial charge in [-0.05, 0) is 38.5 Å². The van der Waals surface area contributed by atoms with Crippen molar-refractivity contribution in [3.63, 3.8) is 0 Å². The highest BCUT2D eigenvalue weighted by Crippen LogP contribution is 2.27. The van der Waals surface area contributed by atoms with Crippen LogP contribution in [0.15, 0.2) is 36.5 Å². The number of ether oxygens (including phenoxy) is 1. The highest BCUT2D eigenvalue weighted by molar-refractivity contribution is 5.66. The molecule has 3 atom stereocenters. The summed E-state index contributed by atoms with van der Waals surface area (Å²) in [5.74, 6) is -0.763. The van der Waals surface area contributed by atoms with Gasteiger partial charge >= 0.3 is 5.97 Å². The highest BCUT2D eigenvalue weighted by Gasteiger charge is 2.34. The lowest BCUT2D eigenvalue weighted by molar-refractivity contribution is -0.137. The lowest BCUT2D eigenvalue weighted by Gasteiger charge is -1.99. The van der Waals surface area contributed by atoms with Gasteiger partial charge in [-0.25, -0.2) is 0 Å². The minimum absolute atomic E-state index is 0.138. The molecule has 1 rings (SSSR count). The van der Waals surface area contributed by atoms with E-state index in [0.29, 0.717) is 12.8 Å². The van der Waals surface area contributed by atoms with Crippen LogP contribution in [-0.2, 0) is 9.53 Å². The molecule has 1 heterocycles. The second-order valence-electron chi connectivity index (χ2n) is 6.29. The quantitative estimate of drug-likeness (QED) is 0.280. The molecule has 4 nitrogen and oxygen atoms in total. The Hall–Kier alpha value is -1.39. The summed E-state index contributed by atoms with van der Waals surface area (Å²) >= 11 is 0. The average molecular weight is 336 g/mol. The molecule has 0 bridgehead atoms. The number of carbonyl (C=O) groups is 1. The second kappa shape index (κ2) is 13.0. The molecule has 136 valence electrons. The van der Waals surface area contributed by atoms with Gasteiger partial charge in [-0.3, -0.25) is 4.79 Å². The molecule has 0 radical (unpaired) electrons. The zero-order chi connectivity index (χ0) is 17.6. The first-order valence-corrected chi connectivity index (χ1v) is 9.17. The number of unbranched alkanes of at least 4 members (excludes halogenated alkanes) is 4. The summed E-state index contributed by atoms with van der Waals surface area (Å²) in [5, 5.41) is 18.4. The largest absolute Gasteiger partial charge is 0.481 e. The van der Waals surface area contributed by atoms with Crippen molar-refractivity contribution in [1.29, 1.82) is 0 Å². The summed E-state index contributed by atoms with van der Waals surface area (Å²) in [4.78, 5) is 10.4. The van der Waals surface area contributed by atoms with Gasteiger partial charge in [-0.15, -0.1) is 0 Å². The van der Waals surface area contributed by atoms with Gasteiger partial charge in [-0.2, -0.15) is 0 Å². The SMILES string of the molecule is CCCCC/C=C\C[C@H]1O[C@@H]1/C=C/[C@H](O)C/C=C\CCCC(=O)O. The van der Waals surface area contributed by atoms with Gasteiger partial charge in [0.2, 0.25) is 0 Å².